The number of aromatic nitrogens is 2. The fourth-order valence-corrected chi connectivity index (χ4v) is 4.76. The summed E-state index contributed by atoms with van der Waals surface area (Å²) in [7, 11) is 0. The predicted octanol–water partition coefficient (Wildman–Crippen LogP) is 7.62. The van der Waals surface area contributed by atoms with Gasteiger partial charge >= 0.3 is 6.09 Å². The first-order chi connectivity index (χ1) is 17.1. The van der Waals surface area contributed by atoms with E-state index >= 15 is 0 Å². The Kier molecular flexibility index (Phi) is 10.9. The van der Waals surface area contributed by atoms with Gasteiger partial charge in [-0.3, -0.25) is 0 Å². The van der Waals surface area contributed by atoms with Crippen molar-refractivity contribution in [3.05, 3.63) is 72.7 Å². The summed E-state index contributed by atoms with van der Waals surface area (Å²) in [4.78, 5) is 16.9. The molecule has 0 atom stereocenters. The quantitative estimate of drug-likeness (QED) is 0.254. The van der Waals surface area contributed by atoms with Gasteiger partial charge in [-0.2, -0.15) is 0 Å². The van der Waals surface area contributed by atoms with Gasteiger partial charge in [0.1, 0.15) is 11.9 Å². The van der Waals surface area contributed by atoms with Crippen molar-refractivity contribution in [2.75, 3.05) is 6.54 Å². The molecule has 1 heterocycles. The summed E-state index contributed by atoms with van der Waals surface area (Å²) in [5, 5.41) is 2.92. The molecule has 1 aromatic carbocycles. The van der Waals surface area contributed by atoms with E-state index in [4.69, 9.17) is 9.72 Å². The molecule has 0 bridgehead atoms. The van der Waals surface area contributed by atoms with Gasteiger partial charge in [0.25, 0.3) is 0 Å². The number of hydrogen-bond acceptors (Lipinski definition) is 3. The van der Waals surface area contributed by atoms with Crippen LogP contribution >= 0.6 is 0 Å². The number of allylic oxidation sites excluding steroid dienone is 5. The van der Waals surface area contributed by atoms with E-state index in [0.29, 0.717) is 6.54 Å². The maximum atomic E-state index is 12.0. The molecule has 1 aliphatic carbocycles. The van der Waals surface area contributed by atoms with Crippen molar-refractivity contribution in [2.45, 2.75) is 84.3 Å². The average molecular weight is 476 g/mol. The number of aryl methyl sites for hydroxylation is 1. The Morgan fingerprint density at radius 1 is 1.14 bits per heavy atom. The van der Waals surface area contributed by atoms with Crippen molar-refractivity contribution in [2.24, 2.45) is 0 Å². The lowest BCUT2D eigenvalue weighted by atomic mass is 9.98. The number of unbranched alkanes of at least 4 members (excludes halogenated alkanes) is 3. The molecule has 3 rings (SSSR count). The zero-order valence-electron chi connectivity index (χ0n) is 21.5. The Balaban J connectivity index is 1.54. The molecule has 1 N–H and O–H groups in total. The van der Waals surface area contributed by atoms with Crippen LogP contribution in [0.3, 0.4) is 0 Å². The van der Waals surface area contributed by atoms with Crippen LogP contribution in [-0.4, -0.2) is 28.3 Å². The number of amides is 1. The van der Waals surface area contributed by atoms with E-state index in [9.17, 15) is 4.79 Å². The second kappa shape index (κ2) is 14.3. The van der Waals surface area contributed by atoms with Gasteiger partial charge < -0.3 is 14.6 Å². The first-order valence-electron chi connectivity index (χ1n) is 13.2. The minimum absolute atomic E-state index is 0.112. The van der Waals surface area contributed by atoms with Crippen LogP contribution in [0.25, 0.3) is 16.8 Å². The highest BCUT2D eigenvalue weighted by molar-refractivity contribution is 5.83. The molecule has 2 aromatic rings. The molecular weight excluding hydrogens is 434 g/mol. The van der Waals surface area contributed by atoms with Crippen LogP contribution in [0.2, 0.25) is 0 Å². The second-order valence-corrected chi connectivity index (χ2v) is 9.24. The van der Waals surface area contributed by atoms with E-state index in [1.54, 1.807) is 0 Å². The molecule has 35 heavy (non-hydrogen) atoms. The number of nitrogens with one attached hydrogen (secondary N) is 1. The van der Waals surface area contributed by atoms with Gasteiger partial charge in [0, 0.05) is 24.2 Å². The number of nitrogens with zero attached hydrogens (tertiary/aromatic N) is 2. The standard InChI is InChI=1S/C30H41N3O2/c1-4-16-25(17-5-2)28-29(26-18-10-8-11-19-26)33(24(3)32-28)23-15-7-6-14-22-31-30(34)35-27-20-12-9-13-21-27/h4-5,8,10-11,16-19,27H,1,6-7,9,12-15,20-23H2,2-3H3,(H,31,34)/b17-5-,25-16+. The van der Waals surface area contributed by atoms with Crippen molar-refractivity contribution in [1.82, 2.24) is 14.9 Å². The van der Waals surface area contributed by atoms with Crippen molar-refractivity contribution >= 4 is 11.7 Å². The molecule has 0 unspecified atom stereocenters. The molecule has 1 aliphatic rings. The summed E-state index contributed by atoms with van der Waals surface area (Å²) in [6.07, 6.45) is 17.6. The van der Waals surface area contributed by atoms with E-state index in [0.717, 1.165) is 67.9 Å². The van der Waals surface area contributed by atoms with Crippen LogP contribution in [0, 0.1) is 6.92 Å². The third-order valence-corrected chi connectivity index (χ3v) is 6.53. The highest BCUT2D eigenvalue weighted by Crippen LogP contribution is 2.31. The van der Waals surface area contributed by atoms with E-state index in [1.807, 2.05) is 31.2 Å². The first kappa shape index (κ1) is 26.5. The van der Waals surface area contributed by atoms with Crippen LogP contribution in [0.4, 0.5) is 4.79 Å². The summed E-state index contributed by atoms with van der Waals surface area (Å²) < 4.78 is 7.86. The maximum Gasteiger partial charge on any atom is 0.407 e. The molecule has 1 aromatic heterocycles. The van der Waals surface area contributed by atoms with E-state index < -0.39 is 0 Å². The molecule has 0 saturated heterocycles. The summed E-state index contributed by atoms with van der Waals surface area (Å²) in [5.74, 6) is 1.02. The summed E-state index contributed by atoms with van der Waals surface area (Å²) in [6.45, 7) is 9.58. The Bertz CT molecular complexity index is 998. The third-order valence-electron chi connectivity index (χ3n) is 6.53. The van der Waals surface area contributed by atoms with Crippen molar-refractivity contribution in [3.63, 3.8) is 0 Å². The largest absolute Gasteiger partial charge is 0.446 e. The van der Waals surface area contributed by atoms with Crippen molar-refractivity contribution < 1.29 is 9.53 Å². The van der Waals surface area contributed by atoms with E-state index in [2.05, 4.69) is 53.7 Å². The number of alkyl carbamates (subject to hydrolysis) is 1. The van der Waals surface area contributed by atoms with Crippen LogP contribution in [0.15, 0.2) is 61.2 Å². The van der Waals surface area contributed by atoms with Gasteiger partial charge in [-0.25, -0.2) is 9.78 Å². The number of carbonyl (C=O) groups is 1. The van der Waals surface area contributed by atoms with Gasteiger partial charge in [0.2, 0.25) is 0 Å². The zero-order chi connectivity index (χ0) is 24.9. The normalized spacial score (nSPS) is 14.9. The van der Waals surface area contributed by atoms with Crippen LogP contribution in [0.5, 0.6) is 0 Å². The Morgan fingerprint density at radius 3 is 2.60 bits per heavy atom. The van der Waals surface area contributed by atoms with Gasteiger partial charge in [-0.05, 0) is 52.4 Å². The fourth-order valence-electron chi connectivity index (χ4n) is 4.76. The molecule has 1 fully saturated rings. The first-order valence-corrected chi connectivity index (χ1v) is 13.2. The SMILES string of the molecule is C=C/C=C(\C=C/C)c1nc(C)n(CCCCCCNC(=O)OC2CCCCC2)c1-c1ccccc1. The molecular formula is C30H41N3O2. The minimum Gasteiger partial charge on any atom is -0.446 e. The molecule has 0 radical (unpaired) electrons. The molecule has 1 amide bonds. The molecule has 5 heteroatoms. The maximum absolute atomic E-state index is 12.0. The number of benzene rings is 1. The number of hydrogen-bond donors (Lipinski definition) is 1. The molecule has 5 nitrogen and oxygen atoms in total. The fraction of sp³-hybridized carbons (Fsp3) is 0.467. The van der Waals surface area contributed by atoms with Crippen molar-refractivity contribution in [1.29, 1.82) is 0 Å². The monoisotopic (exact) mass is 475 g/mol. The van der Waals surface area contributed by atoms with Gasteiger partial charge in [0.05, 0.1) is 11.4 Å². The summed E-state index contributed by atoms with van der Waals surface area (Å²) in [6, 6.07) is 10.5. The topological polar surface area (TPSA) is 56.2 Å². The summed E-state index contributed by atoms with van der Waals surface area (Å²) >= 11 is 0. The second-order valence-electron chi connectivity index (χ2n) is 9.24. The molecule has 188 valence electrons. The van der Waals surface area contributed by atoms with Gasteiger partial charge in [-0.15, -0.1) is 0 Å². The number of rotatable bonds is 12. The lowest BCUT2D eigenvalue weighted by Gasteiger charge is -2.21. The van der Waals surface area contributed by atoms with Crippen LogP contribution in [-0.2, 0) is 11.3 Å². The average Bonchev–Trinajstić information content (AvgIpc) is 3.20. The van der Waals surface area contributed by atoms with E-state index in [-0.39, 0.29) is 12.2 Å². The van der Waals surface area contributed by atoms with Crippen LogP contribution < -0.4 is 5.32 Å². The zero-order valence-corrected chi connectivity index (χ0v) is 21.5. The predicted molar refractivity (Wildman–Crippen MR) is 145 cm³/mol. The number of carbonyl (C=O) groups excluding carboxylic acids is 1. The molecule has 0 aliphatic heterocycles. The summed E-state index contributed by atoms with van der Waals surface area (Å²) in [5.41, 5.74) is 4.38. The lowest BCUT2D eigenvalue weighted by molar-refractivity contribution is 0.0753. The Hall–Kier alpha value is -3.08. The Morgan fingerprint density at radius 2 is 1.89 bits per heavy atom. The van der Waals surface area contributed by atoms with E-state index in [1.165, 1.54) is 24.8 Å². The van der Waals surface area contributed by atoms with Crippen LogP contribution in [0.1, 0.15) is 76.2 Å². The number of imidazole rings is 1. The lowest BCUT2D eigenvalue weighted by Crippen LogP contribution is -2.30. The van der Waals surface area contributed by atoms with Crippen molar-refractivity contribution in [3.8, 4) is 11.3 Å². The highest BCUT2D eigenvalue weighted by Gasteiger charge is 2.19. The molecule has 1 saturated carbocycles. The van der Waals surface area contributed by atoms with Gasteiger partial charge in [-0.1, -0.05) is 80.5 Å². The molecule has 0 spiro atoms. The Labute approximate surface area is 211 Å². The highest BCUT2D eigenvalue weighted by atomic mass is 16.6. The smallest absolute Gasteiger partial charge is 0.407 e. The number of ether oxygens (including phenoxy) is 1. The minimum atomic E-state index is -0.254. The third kappa shape index (κ3) is 7.98. The van der Waals surface area contributed by atoms with Gasteiger partial charge in [0.15, 0.2) is 0 Å².